The molecule has 4 nitrogen and oxygen atoms in total. The molecule has 1 N–H and O–H groups in total. The molecule has 0 saturated heterocycles. The summed E-state index contributed by atoms with van der Waals surface area (Å²) in [5, 5.41) is 6.17. The van der Waals surface area contributed by atoms with Crippen LogP contribution in [0.5, 0.6) is 5.75 Å². The fourth-order valence-electron chi connectivity index (χ4n) is 2.37. The van der Waals surface area contributed by atoms with Gasteiger partial charge in [0.25, 0.3) is 5.91 Å². The van der Waals surface area contributed by atoms with Crippen LogP contribution in [0.3, 0.4) is 0 Å². The predicted octanol–water partition coefficient (Wildman–Crippen LogP) is 5.43. The van der Waals surface area contributed by atoms with Gasteiger partial charge in [-0.15, -0.1) is 11.3 Å². The maximum atomic E-state index is 12.1. The Morgan fingerprint density at radius 3 is 2.63 bits per heavy atom. The van der Waals surface area contributed by atoms with Gasteiger partial charge in [0.2, 0.25) is 0 Å². The van der Waals surface area contributed by atoms with Crippen LogP contribution in [0, 0.1) is 5.92 Å². The van der Waals surface area contributed by atoms with Crippen molar-refractivity contribution in [3.05, 3.63) is 70.2 Å². The smallest absolute Gasteiger partial charge is 0.270 e. The van der Waals surface area contributed by atoms with Crippen molar-refractivity contribution in [3.8, 4) is 16.3 Å². The number of hydrogen-bond acceptors (Lipinski definition) is 4. The van der Waals surface area contributed by atoms with Crippen LogP contribution in [0.1, 0.15) is 29.9 Å². The molecule has 1 amide bonds. The second-order valence-electron chi connectivity index (χ2n) is 6.55. The van der Waals surface area contributed by atoms with E-state index in [2.05, 4.69) is 24.1 Å². The lowest BCUT2D eigenvalue weighted by Crippen LogP contribution is -2.27. The van der Waals surface area contributed by atoms with Crippen LogP contribution in [0.4, 0.5) is 0 Å². The van der Waals surface area contributed by atoms with E-state index in [4.69, 9.17) is 16.3 Å². The number of hydrogen-bond donors (Lipinski definition) is 1. The first-order valence-electron chi connectivity index (χ1n) is 8.73. The fraction of sp³-hybridized carbons (Fsp3) is 0.238. The highest BCUT2D eigenvalue weighted by Crippen LogP contribution is 2.26. The zero-order chi connectivity index (χ0) is 19.2. The first-order chi connectivity index (χ1) is 13.0. The molecule has 0 bridgehead atoms. The molecule has 27 heavy (non-hydrogen) atoms. The van der Waals surface area contributed by atoms with Crippen molar-refractivity contribution in [3.63, 3.8) is 0 Å². The van der Waals surface area contributed by atoms with Crippen molar-refractivity contribution in [1.29, 1.82) is 0 Å². The molecular weight excluding hydrogens is 380 g/mol. The van der Waals surface area contributed by atoms with E-state index in [1.165, 1.54) is 11.3 Å². The minimum atomic E-state index is -0.133. The molecule has 3 rings (SSSR count). The maximum Gasteiger partial charge on any atom is 0.270 e. The summed E-state index contributed by atoms with van der Waals surface area (Å²) >= 11 is 7.60. The van der Waals surface area contributed by atoms with Gasteiger partial charge in [-0.3, -0.25) is 4.79 Å². The standard InChI is InChI=1S/C21H21ClN2O2S/c1-14(2)11-23-20(25)19-13-27-21(24-19)15-7-9-17(10-8-15)26-12-16-5-3-4-6-18(16)22/h3-10,13-14H,11-12H2,1-2H3,(H,23,25). The number of halogens is 1. The predicted molar refractivity (Wildman–Crippen MR) is 111 cm³/mol. The molecule has 0 spiro atoms. The summed E-state index contributed by atoms with van der Waals surface area (Å²) in [6.07, 6.45) is 0. The Kier molecular flexibility index (Phi) is 6.48. The molecule has 0 radical (unpaired) electrons. The summed E-state index contributed by atoms with van der Waals surface area (Å²) in [6, 6.07) is 15.3. The van der Waals surface area contributed by atoms with E-state index in [0.29, 0.717) is 29.8 Å². The van der Waals surface area contributed by atoms with Crippen molar-refractivity contribution >= 4 is 28.8 Å². The van der Waals surface area contributed by atoms with Gasteiger partial charge in [0.15, 0.2) is 0 Å². The van der Waals surface area contributed by atoms with Crippen molar-refractivity contribution in [2.45, 2.75) is 20.5 Å². The second-order valence-corrected chi connectivity index (χ2v) is 7.81. The summed E-state index contributed by atoms with van der Waals surface area (Å²) in [5.41, 5.74) is 2.35. The summed E-state index contributed by atoms with van der Waals surface area (Å²) in [5.74, 6) is 1.03. The SMILES string of the molecule is CC(C)CNC(=O)c1csc(-c2ccc(OCc3ccccc3Cl)cc2)n1. The lowest BCUT2D eigenvalue weighted by Gasteiger charge is -2.08. The highest BCUT2D eigenvalue weighted by atomic mass is 35.5. The van der Waals surface area contributed by atoms with Gasteiger partial charge in [0, 0.05) is 28.1 Å². The number of carbonyl (C=O) groups excluding carboxylic acids is 1. The van der Waals surface area contributed by atoms with Gasteiger partial charge in [0.1, 0.15) is 23.1 Å². The number of nitrogens with one attached hydrogen (secondary N) is 1. The lowest BCUT2D eigenvalue weighted by atomic mass is 10.2. The highest BCUT2D eigenvalue weighted by molar-refractivity contribution is 7.13. The van der Waals surface area contributed by atoms with E-state index in [1.54, 1.807) is 5.38 Å². The number of ether oxygens (including phenoxy) is 1. The van der Waals surface area contributed by atoms with E-state index < -0.39 is 0 Å². The molecule has 1 heterocycles. The molecule has 2 aromatic carbocycles. The number of carbonyl (C=O) groups is 1. The Balaban J connectivity index is 1.62. The van der Waals surface area contributed by atoms with Crippen LogP contribution >= 0.6 is 22.9 Å². The molecule has 0 saturated carbocycles. The average Bonchev–Trinajstić information content (AvgIpc) is 3.16. The van der Waals surface area contributed by atoms with Gasteiger partial charge in [-0.25, -0.2) is 4.98 Å². The van der Waals surface area contributed by atoms with Crippen LogP contribution in [0.15, 0.2) is 53.9 Å². The number of benzene rings is 2. The van der Waals surface area contributed by atoms with Crippen LogP contribution in [0.25, 0.3) is 10.6 Å². The van der Waals surface area contributed by atoms with Crippen molar-refractivity contribution in [1.82, 2.24) is 10.3 Å². The van der Waals surface area contributed by atoms with Gasteiger partial charge >= 0.3 is 0 Å². The van der Waals surface area contributed by atoms with Crippen LogP contribution in [-0.4, -0.2) is 17.4 Å². The second kappa shape index (κ2) is 9.02. The van der Waals surface area contributed by atoms with Crippen molar-refractivity contribution in [2.24, 2.45) is 5.92 Å². The van der Waals surface area contributed by atoms with Gasteiger partial charge in [-0.2, -0.15) is 0 Å². The summed E-state index contributed by atoms with van der Waals surface area (Å²) in [4.78, 5) is 16.5. The van der Waals surface area contributed by atoms with E-state index in [1.807, 2.05) is 48.5 Å². The Bertz CT molecular complexity index is 907. The Labute approximate surface area is 168 Å². The van der Waals surface area contributed by atoms with E-state index >= 15 is 0 Å². The van der Waals surface area contributed by atoms with Crippen LogP contribution in [0.2, 0.25) is 5.02 Å². The molecule has 3 aromatic rings. The van der Waals surface area contributed by atoms with Crippen molar-refractivity contribution < 1.29 is 9.53 Å². The largest absolute Gasteiger partial charge is 0.489 e. The van der Waals surface area contributed by atoms with Crippen LogP contribution < -0.4 is 10.1 Å². The molecule has 0 aliphatic heterocycles. The van der Waals surface area contributed by atoms with Crippen LogP contribution in [-0.2, 0) is 6.61 Å². The molecule has 0 unspecified atom stereocenters. The van der Waals surface area contributed by atoms with E-state index in [0.717, 1.165) is 21.9 Å². The van der Waals surface area contributed by atoms with E-state index in [-0.39, 0.29) is 5.91 Å². The van der Waals surface area contributed by atoms with Crippen molar-refractivity contribution in [2.75, 3.05) is 6.54 Å². The minimum Gasteiger partial charge on any atom is -0.489 e. The molecule has 0 atom stereocenters. The van der Waals surface area contributed by atoms with Gasteiger partial charge in [-0.05, 0) is 36.2 Å². The third kappa shape index (κ3) is 5.31. The number of rotatable bonds is 7. The third-order valence-electron chi connectivity index (χ3n) is 3.86. The molecule has 1 aromatic heterocycles. The summed E-state index contributed by atoms with van der Waals surface area (Å²) < 4.78 is 5.80. The Hall–Kier alpha value is -2.37. The maximum absolute atomic E-state index is 12.1. The number of thiazole rings is 1. The topological polar surface area (TPSA) is 51.2 Å². The number of nitrogens with zero attached hydrogens (tertiary/aromatic N) is 1. The first-order valence-corrected chi connectivity index (χ1v) is 9.99. The van der Waals surface area contributed by atoms with E-state index in [9.17, 15) is 4.79 Å². The number of amides is 1. The molecule has 0 fully saturated rings. The number of aromatic nitrogens is 1. The first kappa shape index (κ1) is 19.4. The fourth-order valence-corrected chi connectivity index (χ4v) is 3.36. The highest BCUT2D eigenvalue weighted by Gasteiger charge is 2.12. The normalized spacial score (nSPS) is 10.8. The zero-order valence-electron chi connectivity index (χ0n) is 15.2. The van der Waals surface area contributed by atoms with Gasteiger partial charge in [-0.1, -0.05) is 43.6 Å². The summed E-state index contributed by atoms with van der Waals surface area (Å²) in [6.45, 7) is 5.17. The minimum absolute atomic E-state index is 0.133. The third-order valence-corrected chi connectivity index (χ3v) is 5.12. The quantitative estimate of drug-likeness (QED) is 0.575. The molecule has 140 valence electrons. The monoisotopic (exact) mass is 400 g/mol. The molecule has 6 heteroatoms. The summed E-state index contributed by atoms with van der Waals surface area (Å²) in [7, 11) is 0. The lowest BCUT2D eigenvalue weighted by molar-refractivity contribution is 0.0945. The van der Waals surface area contributed by atoms with Gasteiger partial charge in [0.05, 0.1) is 0 Å². The Morgan fingerprint density at radius 2 is 1.93 bits per heavy atom. The average molecular weight is 401 g/mol. The molecule has 0 aliphatic rings. The van der Waals surface area contributed by atoms with Gasteiger partial charge < -0.3 is 10.1 Å². The zero-order valence-corrected chi connectivity index (χ0v) is 16.8. The molecular formula is C21H21ClN2O2S. The molecule has 0 aliphatic carbocycles. The Morgan fingerprint density at radius 1 is 1.19 bits per heavy atom.